The number of aromatic hydroxyl groups is 1. The van der Waals surface area contributed by atoms with Gasteiger partial charge in [0, 0.05) is 16.9 Å². The Morgan fingerprint density at radius 3 is 2.00 bits per heavy atom. The van der Waals surface area contributed by atoms with Crippen LogP contribution in [-0.2, 0) is 0 Å². The maximum absolute atomic E-state index is 11.1. The fourth-order valence-electron chi connectivity index (χ4n) is 2.32. The third-order valence-corrected chi connectivity index (χ3v) is 3.52. The number of nitrogens with one attached hydrogen (secondary N) is 1. The molecule has 0 aromatic heterocycles. The van der Waals surface area contributed by atoms with Crippen LogP contribution in [-0.4, -0.2) is 11.0 Å². The Labute approximate surface area is 134 Å². The molecule has 0 atom stereocenters. The SMILES string of the molecule is NC(=O)c1ccc(Nc2ccc(-c3cccc(O)c3)cc2)cc1. The van der Waals surface area contributed by atoms with E-state index in [1.54, 1.807) is 24.3 Å². The maximum atomic E-state index is 11.1. The van der Waals surface area contributed by atoms with E-state index in [0.29, 0.717) is 5.56 Å². The Balaban J connectivity index is 1.76. The molecule has 1 amide bonds. The van der Waals surface area contributed by atoms with E-state index in [2.05, 4.69) is 5.32 Å². The number of carbonyl (C=O) groups excluding carboxylic acids is 1. The van der Waals surface area contributed by atoms with Crippen molar-refractivity contribution in [3.05, 3.63) is 78.4 Å². The van der Waals surface area contributed by atoms with Gasteiger partial charge in [-0.3, -0.25) is 4.79 Å². The smallest absolute Gasteiger partial charge is 0.248 e. The van der Waals surface area contributed by atoms with Gasteiger partial charge in [-0.2, -0.15) is 0 Å². The zero-order chi connectivity index (χ0) is 16.2. The molecule has 0 saturated heterocycles. The van der Waals surface area contributed by atoms with Crippen molar-refractivity contribution >= 4 is 17.3 Å². The van der Waals surface area contributed by atoms with E-state index in [0.717, 1.165) is 22.5 Å². The quantitative estimate of drug-likeness (QED) is 0.684. The van der Waals surface area contributed by atoms with Gasteiger partial charge >= 0.3 is 0 Å². The van der Waals surface area contributed by atoms with Crippen LogP contribution in [0.25, 0.3) is 11.1 Å². The molecule has 3 rings (SSSR count). The minimum Gasteiger partial charge on any atom is -0.508 e. The van der Waals surface area contributed by atoms with Crippen LogP contribution >= 0.6 is 0 Å². The third-order valence-electron chi connectivity index (χ3n) is 3.52. The van der Waals surface area contributed by atoms with Crippen molar-refractivity contribution < 1.29 is 9.90 Å². The van der Waals surface area contributed by atoms with Gasteiger partial charge in [-0.25, -0.2) is 0 Å². The first-order valence-corrected chi connectivity index (χ1v) is 7.18. The standard InChI is InChI=1S/C19H16N2O2/c20-19(23)14-6-10-17(11-7-14)21-16-8-4-13(5-9-16)15-2-1-3-18(22)12-15/h1-12,21-22H,(H2,20,23). The Kier molecular flexibility index (Phi) is 3.97. The second-order valence-electron chi connectivity index (χ2n) is 5.19. The van der Waals surface area contributed by atoms with Crippen LogP contribution in [0.4, 0.5) is 11.4 Å². The highest BCUT2D eigenvalue weighted by atomic mass is 16.3. The van der Waals surface area contributed by atoms with E-state index in [1.807, 2.05) is 48.5 Å². The number of amides is 1. The van der Waals surface area contributed by atoms with Gasteiger partial charge < -0.3 is 16.2 Å². The van der Waals surface area contributed by atoms with Crippen molar-refractivity contribution in [3.8, 4) is 16.9 Å². The third kappa shape index (κ3) is 3.49. The average Bonchev–Trinajstić information content (AvgIpc) is 2.56. The highest BCUT2D eigenvalue weighted by Gasteiger charge is 2.02. The van der Waals surface area contributed by atoms with Gasteiger partial charge in [0.05, 0.1) is 0 Å². The first-order chi connectivity index (χ1) is 11.1. The van der Waals surface area contributed by atoms with E-state index in [4.69, 9.17) is 5.73 Å². The Hall–Kier alpha value is -3.27. The molecule has 4 heteroatoms. The molecule has 0 fully saturated rings. The normalized spacial score (nSPS) is 10.3. The summed E-state index contributed by atoms with van der Waals surface area (Å²) >= 11 is 0. The molecule has 0 heterocycles. The van der Waals surface area contributed by atoms with Crippen molar-refractivity contribution in [2.24, 2.45) is 5.73 Å². The molecular weight excluding hydrogens is 288 g/mol. The van der Waals surface area contributed by atoms with Gasteiger partial charge in [-0.15, -0.1) is 0 Å². The van der Waals surface area contributed by atoms with E-state index in [-0.39, 0.29) is 5.75 Å². The van der Waals surface area contributed by atoms with Crippen LogP contribution in [0.3, 0.4) is 0 Å². The van der Waals surface area contributed by atoms with Crippen molar-refractivity contribution in [2.75, 3.05) is 5.32 Å². The lowest BCUT2D eigenvalue weighted by molar-refractivity contribution is 0.100. The molecule has 4 N–H and O–H groups in total. The summed E-state index contributed by atoms with van der Waals surface area (Å²) in [6.45, 7) is 0. The number of hydrogen-bond donors (Lipinski definition) is 3. The van der Waals surface area contributed by atoms with Crippen molar-refractivity contribution in [3.63, 3.8) is 0 Å². The van der Waals surface area contributed by atoms with E-state index in [9.17, 15) is 9.90 Å². The van der Waals surface area contributed by atoms with Crippen LogP contribution < -0.4 is 11.1 Å². The second kappa shape index (κ2) is 6.23. The zero-order valence-electron chi connectivity index (χ0n) is 12.4. The van der Waals surface area contributed by atoms with Crippen LogP contribution in [0.5, 0.6) is 5.75 Å². The summed E-state index contributed by atoms with van der Waals surface area (Å²) < 4.78 is 0. The van der Waals surface area contributed by atoms with Crippen LogP contribution in [0.2, 0.25) is 0 Å². The van der Waals surface area contributed by atoms with Gasteiger partial charge in [-0.1, -0.05) is 24.3 Å². The fraction of sp³-hybridized carbons (Fsp3) is 0. The summed E-state index contributed by atoms with van der Waals surface area (Å²) in [4.78, 5) is 11.1. The zero-order valence-corrected chi connectivity index (χ0v) is 12.4. The van der Waals surface area contributed by atoms with Crippen molar-refractivity contribution in [1.29, 1.82) is 0 Å². The molecule has 0 aliphatic heterocycles. The fourth-order valence-corrected chi connectivity index (χ4v) is 2.32. The Morgan fingerprint density at radius 2 is 1.43 bits per heavy atom. The number of primary amides is 1. The van der Waals surface area contributed by atoms with Gasteiger partial charge in [0.15, 0.2) is 0 Å². The number of phenolic OH excluding ortho intramolecular Hbond substituents is 1. The summed E-state index contributed by atoms with van der Waals surface area (Å²) in [7, 11) is 0. The number of rotatable bonds is 4. The molecule has 0 saturated carbocycles. The van der Waals surface area contributed by atoms with Gasteiger partial charge in [-0.05, 0) is 59.7 Å². The minimum absolute atomic E-state index is 0.249. The monoisotopic (exact) mass is 304 g/mol. The van der Waals surface area contributed by atoms with Crippen molar-refractivity contribution in [2.45, 2.75) is 0 Å². The summed E-state index contributed by atoms with van der Waals surface area (Å²) in [5, 5.41) is 12.8. The molecule has 114 valence electrons. The molecule has 0 bridgehead atoms. The largest absolute Gasteiger partial charge is 0.508 e. The maximum Gasteiger partial charge on any atom is 0.248 e. The predicted octanol–water partition coefficient (Wildman–Crippen LogP) is 3.90. The molecule has 3 aromatic carbocycles. The number of nitrogens with two attached hydrogens (primary N) is 1. The molecule has 4 nitrogen and oxygen atoms in total. The van der Waals surface area contributed by atoms with E-state index < -0.39 is 5.91 Å². The molecule has 3 aromatic rings. The topological polar surface area (TPSA) is 75.4 Å². The summed E-state index contributed by atoms with van der Waals surface area (Å²) in [5.74, 6) is -0.189. The molecular formula is C19H16N2O2. The molecule has 0 unspecified atom stereocenters. The summed E-state index contributed by atoms with van der Waals surface area (Å²) in [5.41, 5.74) is 9.49. The second-order valence-corrected chi connectivity index (χ2v) is 5.19. The molecule has 0 aliphatic rings. The number of phenols is 1. The number of hydrogen-bond acceptors (Lipinski definition) is 3. The highest BCUT2D eigenvalue weighted by molar-refractivity contribution is 5.93. The summed E-state index contributed by atoms with van der Waals surface area (Å²) in [6.07, 6.45) is 0. The first-order valence-electron chi connectivity index (χ1n) is 7.18. The summed E-state index contributed by atoms with van der Waals surface area (Å²) in [6, 6.07) is 22.0. The highest BCUT2D eigenvalue weighted by Crippen LogP contribution is 2.25. The van der Waals surface area contributed by atoms with Gasteiger partial charge in [0.2, 0.25) is 5.91 Å². The van der Waals surface area contributed by atoms with Crippen LogP contribution in [0, 0.1) is 0 Å². The Bertz CT molecular complexity index is 825. The molecule has 0 spiro atoms. The van der Waals surface area contributed by atoms with Crippen molar-refractivity contribution in [1.82, 2.24) is 0 Å². The predicted molar refractivity (Wildman–Crippen MR) is 91.8 cm³/mol. The Morgan fingerprint density at radius 1 is 0.826 bits per heavy atom. The van der Waals surface area contributed by atoms with Crippen LogP contribution in [0.15, 0.2) is 72.8 Å². The molecule has 0 radical (unpaired) electrons. The number of anilines is 2. The lowest BCUT2D eigenvalue weighted by Gasteiger charge is -2.08. The lowest BCUT2D eigenvalue weighted by atomic mass is 10.1. The lowest BCUT2D eigenvalue weighted by Crippen LogP contribution is -2.10. The average molecular weight is 304 g/mol. The van der Waals surface area contributed by atoms with Gasteiger partial charge in [0.25, 0.3) is 0 Å². The van der Waals surface area contributed by atoms with E-state index in [1.165, 1.54) is 0 Å². The first kappa shape index (κ1) is 14.7. The molecule has 23 heavy (non-hydrogen) atoms. The number of carbonyl (C=O) groups is 1. The molecule has 0 aliphatic carbocycles. The van der Waals surface area contributed by atoms with Crippen LogP contribution in [0.1, 0.15) is 10.4 Å². The number of benzene rings is 3. The van der Waals surface area contributed by atoms with Gasteiger partial charge in [0.1, 0.15) is 5.75 Å². The minimum atomic E-state index is -0.438. The van der Waals surface area contributed by atoms with E-state index >= 15 is 0 Å².